The number of imidazole rings is 1. The van der Waals surface area contributed by atoms with Crippen LogP contribution >= 0.6 is 0 Å². The Morgan fingerprint density at radius 3 is 2.66 bits per heavy atom. The third kappa shape index (κ3) is 5.70. The Balaban J connectivity index is 2.17. The molecule has 0 radical (unpaired) electrons. The molecule has 0 unspecified atom stereocenters. The number of fused-ring (bicyclic) bond motifs is 1. The molecule has 0 aromatic carbocycles. The summed E-state index contributed by atoms with van der Waals surface area (Å²) >= 11 is 0. The number of carbonyl (C=O) groups excluding carboxylic acids is 1. The summed E-state index contributed by atoms with van der Waals surface area (Å²) in [6.45, 7) is 7.41. The van der Waals surface area contributed by atoms with Gasteiger partial charge in [0.1, 0.15) is 16.9 Å². The third-order valence-corrected chi connectivity index (χ3v) is 4.32. The molecule has 10 heteroatoms. The summed E-state index contributed by atoms with van der Waals surface area (Å²) in [5, 5.41) is 11.4. The first kappa shape index (κ1) is 22.2. The average molecular weight is 404 g/mol. The van der Waals surface area contributed by atoms with Gasteiger partial charge in [0.2, 0.25) is 0 Å². The number of amides is 1. The van der Waals surface area contributed by atoms with Crippen LogP contribution in [0.2, 0.25) is 0 Å². The predicted octanol–water partition coefficient (Wildman–Crippen LogP) is 1.78. The molecule has 0 aliphatic rings. The molecule has 2 aromatic heterocycles. The van der Waals surface area contributed by atoms with Gasteiger partial charge < -0.3 is 15.0 Å². The van der Waals surface area contributed by atoms with Gasteiger partial charge in [-0.05, 0) is 40.5 Å². The number of alkyl carbamates (subject to hydrolysis) is 1. The topological polar surface area (TPSA) is 135 Å². The second-order valence-electron chi connectivity index (χ2n) is 8.06. The van der Waals surface area contributed by atoms with Gasteiger partial charge in [-0.1, -0.05) is 6.42 Å². The van der Waals surface area contributed by atoms with E-state index in [1.165, 1.54) is 9.13 Å². The molecule has 0 fully saturated rings. The predicted molar refractivity (Wildman–Crippen MR) is 107 cm³/mol. The van der Waals surface area contributed by atoms with Gasteiger partial charge in [0.25, 0.3) is 5.56 Å². The van der Waals surface area contributed by atoms with Crippen LogP contribution in [0.25, 0.3) is 11.2 Å². The SMILES string of the molecule is C[C@@H](C#N)CCCCn1c(=O)c2[nH]c(CNC(=O)OC(C)(C)C)nc2n(C)c1=O. The van der Waals surface area contributed by atoms with Gasteiger partial charge in [-0.15, -0.1) is 0 Å². The largest absolute Gasteiger partial charge is 0.444 e. The van der Waals surface area contributed by atoms with E-state index in [4.69, 9.17) is 10.00 Å². The van der Waals surface area contributed by atoms with Crippen molar-refractivity contribution in [2.75, 3.05) is 0 Å². The standard InChI is InChI=1S/C19H28N6O4/c1-12(10-20)8-6-7-9-25-16(26)14-15(24(5)18(25)28)23-13(22-14)11-21-17(27)29-19(2,3)4/h12H,6-9,11H2,1-5H3,(H,21,27)(H,22,23)/t12-/m1/s1. The van der Waals surface area contributed by atoms with Crippen LogP contribution in [0, 0.1) is 17.2 Å². The molecule has 2 rings (SSSR count). The normalized spacial score (nSPS) is 12.6. The molecule has 0 spiro atoms. The molecular weight excluding hydrogens is 376 g/mol. The molecule has 0 saturated carbocycles. The van der Waals surface area contributed by atoms with Crippen molar-refractivity contribution in [2.45, 2.75) is 65.6 Å². The number of unbranched alkanes of at least 4 members (excludes halogenated alkanes) is 1. The van der Waals surface area contributed by atoms with Crippen molar-refractivity contribution in [1.82, 2.24) is 24.4 Å². The molecule has 29 heavy (non-hydrogen) atoms. The number of nitriles is 1. The first-order valence-corrected chi connectivity index (χ1v) is 9.58. The lowest BCUT2D eigenvalue weighted by molar-refractivity contribution is 0.0522. The Kier molecular flexibility index (Phi) is 6.84. The summed E-state index contributed by atoms with van der Waals surface area (Å²) in [5.74, 6) is 0.295. The fourth-order valence-electron chi connectivity index (χ4n) is 2.83. The lowest BCUT2D eigenvalue weighted by Gasteiger charge is -2.19. The summed E-state index contributed by atoms with van der Waals surface area (Å²) < 4.78 is 7.64. The smallest absolute Gasteiger partial charge is 0.408 e. The lowest BCUT2D eigenvalue weighted by Crippen LogP contribution is -2.39. The van der Waals surface area contributed by atoms with Crippen molar-refractivity contribution < 1.29 is 9.53 Å². The van der Waals surface area contributed by atoms with Crippen molar-refractivity contribution >= 4 is 17.3 Å². The molecule has 0 bridgehead atoms. The van der Waals surface area contributed by atoms with E-state index in [0.717, 1.165) is 12.8 Å². The highest BCUT2D eigenvalue weighted by molar-refractivity contribution is 5.70. The molecule has 0 aliphatic carbocycles. The van der Waals surface area contributed by atoms with Gasteiger partial charge in [-0.2, -0.15) is 5.26 Å². The van der Waals surface area contributed by atoms with Gasteiger partial charge in [0.15, 0.2) is 5.65 Å². The van der Waals surface area contributed by atoms with Crippen LogP contribution in [0.1, 0.15) is 52.8 Å². The van der Waals surface area contributed by atoms with Crippen molar-refractivity contribution in [3.05, 3.63) is 26.7 Å². The molecule has 2 aromatic rings. The molecule has 0 aliphatic heterocycles. The zero-order valence-electron chi connectivity index (χ0n) is 17.5. The Labute approximate surface area is 168 Å². The van der Waals surface area contributed by atoms with Crippen LogP contribution in [-0.4, -0.2) is 30.8 Å². The number of hydrogen-bond acceptors (Lipinski definition) is 6. The highest BCUT2D eigenvalue weighted by Gasteiger charge is 2.18. The number of aryl methyl sites for hydroxylation is 1. The third-order valence-electron chi connectivity index (χ3n) is 4.32. The van der Waals surface area contributed by atoms with E-state index < -0.39 is 22.9 Å². The first-order valence-electron chi connectivity index (χ1n) is 9.58. The summed E-state index contributed by atoms with van der Waals surface area (Å²) in [6, 6.07) is 2.17. The van der Waals surface area contributed by atoms with E-state index in [9.17, 15) is 14.4 Å². The van der Waals surface area contributed by atoms with Gasteiger partial charge in [-0.25, -0.2) is 14.6 Å². The molecule has 158 valence electrons. The summed E-state index contributed by atoms with van der Waals surface area (Å²) in [5.41, 5.74) is -1.09. The van der Waals surface area contributed by atoms with Crippen LogP contribution in [0.4, 0.5) is 4.79 Å². The van der Waals surface area contributed by atoms with Gasteiger partial charge >= 0.3 is 11.8 Å². The van der Waals surface area contributed by atoms with Crippen LogP contribution < -0.4 is 16.6 Å². The molecule has 1 atom stereocenters. The average Bonchev–Trinajstić information content (AvgIpc) is 3.07. The Hall–Kier alpha value is -3.09. The quantitative estimate of drug-likeness (QED) is 0.675. The minimum absolute atomic E-state index is 0.0310. The zero-order valence-corrected chi connectivity index (χ0v) is 17.5. The van der Waals surface area contributed by atoms with E-state index >= 15 is 0 Å². The van der Waals surface area contributed by atoms with E-state index in [1.807, 2.05) is 6.92 Å². The van der Waals surface area contributed by atoms with E-state index in [0.29, 0.717) is 12.2 Å². The van der Waals surface area contributed by atoms with Crippen LogP contribution in [-0.2, 0) is 24.9 Å². The summed E-state index contributed by atoms with van der Waals surface area (Å²) in [4.78, 5) is 44.2. The van der Waals surface area contributed by atoms with E-state index in [1.54, 1.807) is 27.8 Å². The minimum Gasteiger partial charge on any atom is -0.444 e. The maximum atomic E-state index is 12.7. The second-order valence-corrected chi connectivity index (χ2v) is 8.06. The molecular formula is C19H28N6O4. The maximum Gasteiger partial charge on any atom is 0.408 e. The number of H-pyrrole nitrogens is 1. The van der Waals surface area contributed by atoms with Crippen LogP contribution in [0.15, 0.2) is 9.59 Å². The number of nitrogens with zero attached hydrogens (tertiary/aromatic N) is 4. The van der Waals surface area contributed by atoms with E-state index in [2.05, 4.69) is 21.4 Å². The number of carbonyl (C=O) groups is 1. The minimum atomic E-state index is -0.624. The molecule has 2 heterocycles. The lowest BCUT2D eigenvalue weighted by atomic mass is 10.1. The summed E-state index contributed by atoms with van der Waals surface area (Å²) in [6.07, 6.45) is 1.48. The fraction of sp³-hybridized carbons (Fsp3) is 0.632. The zero-order chi connectivity index (χ0) is 21.8. The van der Waals surface area contributed by atoms with Gasteiger partial charge in [-0.3, -0.25) is 13.9 Å². The highest BCUT2D eigenvalue weighted by atomic mass is 16.6. The second kappa shape index (κ2) is 8.94. The molecule has 10 nitrogen and oxygen atoms in total. The molecule has 1 amide bonds. The van der Waals surface area contributed by atoms with E-state index in [-0.39, 0.29) is 30.2 Å². The Morgan fingerprint density at radius 1 is 1.34 bits per heavy atom. The first-order chi connectivity index (χ1) is 13.5. The number of hydrogen-bond donors (Lipinski definition) is 2. The Bertz CT molecular complexity index is 1030. The monoisotopic (exact) mass is 404 g/mol. The number of rotatable bonds is 7. The molecule has 2 N–H and O–H groups in total. The van der Waals surface area contributed by atoms with Crippen LogP contribution in [0.3, 0.4) is 0 Å². The number of nitrogens with one attached hydrogen (secondary N) is 2. The molecule has 0 saturated heterocycles. The van der Waals surface area contributed by atoms with Crippen molar-refractivity contribution in [3.8, 4) is 6.07 Å². The van der Waals surface area contributed by atoms with Crippen molar-refractivity contribution in [3.63, 3.8) is 0 Å². The van der Waals surface area contributed by atoms with Gasteiger partial charge in [0, 0.05) is 19.5 Å². The fourth-order valence-corrected chi connectivity index (χ4v) is 2.83. The van der Waals surface area contributed by atoms with Crippen molar-refractivity contribution in [1.29, 1.82) is 5.26 Å². The summed E-state index contributed by atoms with van der Waals surface area (Å²) in [7, 11) is 1.55. The number of aromatic amines is 1. The maximum absolute atomic E-state index is 12.7. The number of aromatic nitrogens is 4. The van der Waals surface area contributed by atoms with Gasteiger partial charge in [0.05, 0.1) is 12.6 Å². The number of ether oxygens (including phenoxy) is 1. The highest BCUT2D eigenvalue weighted by Crippen LogP contribution is 2.09. The van der Waals surface area contributed by atoms with Crippen LogP contribution in [0.5, 0.6) is 0 Å². The Morgan fingerprint density at radius 2 is 2.03 bits per heavy atom. The van der Waals surface area contributed by atoms with Crippen molar-refractivity contribution in [2.24, 2.45) is 13.0 Å².